The molecule has 0 spiro atoms. The number of hydrogen-bond donors (Lipinski definition) is 2. The highest BCUT2D eigenvalue weighted by molar-refractivity contribution is 7.95. The molecule has 3 rings (SSSR count). The van der Waals surface area contributed by atoms with Crippen LogP contribution in [0.25, 0.3) is 0 Å². The summed E-state index contributed by atoms with van der Waals surface area (Å²) in [6, 6.07) is 31.1. The van der Waals surface area contributed by atoms with Gasteiger partial charge in [-0.1, -0.05) is 54.6 Å². The van der Waals surface area contributed by atoms with Crippen molar-refractivity contribution in [1.29, 1.82) is 0 Å². The van der Waals surface area contributed by atoms with E-state index in [9.17, 15) is 9.59 Å². The van der Waals surface area contributed by atoms with E-state index in [0.717, 1.165) is 12.6 Å². The Morgan fingerprint density at radius 1 is 0.794 bits per heavy atom. The minimum Gasteiger partial charge on any atom is -1.00 e. The highest BCUT2D eigenvalue weighted by Gasteiger charge is 2.44. The van der Waals surface area contributed by atoms with Crippen molar-refractivity contribution in [3.05, 3.63) is 91.0 Å². The van der Waals surface area contributed by atoms with Gasteiger partial charge in [-0.05, 0) is 55.7 Å². The Morgan fingerprint density at radius 2 is 1.24 bits per heavy atom. The number of halogens is 1. The highest BCUT2D eigenvalue weighted by atomic mass is 79.9. The molecule has 7 heteroatoms. The van der Waals surface area contributed by atoms with Crippen LogP contribution in [-0.2, 0) is 14.3 Å². The van der Waals surface area contributed by atoms with Crippen LogP contribution in [0.1, 0.15) is 25.7 Å². The van der Waals surface area contributed by atoms with Crippen LogP contribution in [0.15, 0.2) is 91.0 Å². The number of nitrogens with two attached hydrogens (primary N) is 1. The van der Waals surface area contributed by atoms with Crippen molar-refractivity contribution in [3.8, 4) is 0 Å². The van der Waals surface area contributed by atoms with Crippen molar-refractivity contribution in [3.63, 3.8) is 0 Å². The number of carbonyl (C=O) groups excluding carboxylic acids is 1. The topological polar surface area (TPSA) is 89.6 Å². The van der Waals surface area contributed by atoms with Gasteiger partial charge in [0.1, 0.15) is 29.2 Å². The number of aliphatic carboxylic acids is 1. The lowest BCUT2D eigenvalue weighted by Crippen LogP contribution is -3.00. The summed E-state index contributed by atoms with van der Waals surface area (Å²) >= 11 is 0. The van der Waals surface area contributed by atoms with Gasteiger partial charge in [0.05, 0.1) is 12.8 Å². The van der Waals surface area contributed by atoms with Gasteiger partial charge >= 0.3 is 11.9 Å². The summed E-state index contributed by atoms with van der Waals surface area (Å²) < 4.78 is 5.32. The lowest BCUT2D eigenvalue weighted by Gasteiger charge is -2.27. The van der Waals surface area contributed by atoms with E-state index in [-0.39, 0.29) is 36.4 Å². The fourth-order valence-electron chi connectivity index (χ4n) is 4.01. The number of carboxylic acids is 1. The van der Waals surface area contributed by atoms with Crippen molar-refractivity contribution in [1.82, 2.24) is 0 Å². The molecule has 5 nitrogen and oxygen atoms in total. The molecule has 180 valence electrons. The van der Waals surface area contributed by atoms with Gasteiger partial charge in [0, 0.05) is 6.42 Å². The maximum Gasteiger partial charge on any atom is 0.322 e. The fraction of sp³-hybridized carbons (Fsp3) is 0.259. The van der Waals surface area contributed by atoms with Crippen LogP contribution in [-0.4, -0.2) is 35.9 Å². The van der Waals surface area contributed by atoms with Gasteiger partial charge in [0.15, 0.2) is 0 Å². The molecular weight excluding hydrogens is 513 g/mol. The second kappa shape index (κ2) is 14.0. The first-order chi connectivity index (χ1) is 16.0. The van der Waals surface area contributed by atoms with Crippen molar-refractivity contribution in [2.24, 2.45) is 5.73 Å². The van der Waals surface area contributed by atoms with Gasteiger partial charge in [-0.3, -0.25) is 9.59 Å². The van der Waals surface area contributed by atoms with Gasteiger partial charge in [0.2, 0.25) is 0 Å². The number of benzene rings is 3. The predicted octanol–water partition coefficient (Wildman–Crippen LogP) is 0.500. The maximum atomic E-state index is 12.0. The van der Waals surface area contributed by atoms with Gasteiger partial charge in [0.25, 0.3) is 0 Å². The smallest absolute Gasteiger partial charge is 0.322 e. The molecule has 0 radical (unpaired) electrons. The van der Waals surface area contributed by atoms with Gasteiger partial charge < -0.3 is 32.6 Å². The largest absolute Gasteiger partial charge is 1.00 e. The van der Waals surface area contributed by atoms with Crippen LogP contribution in [0.4, 0.5) is 0 Å². The van der Waals surface area contributed by atoms with E-state index in [2.05, 4.69) is 72.8 Å². The predicted molar refractivity (Wildman–Crippen MR) is 135 cm³/mol. The summed E-state index contributed by atoms with van der Waals surface area (Å²) in [5.74, 6) is -1.51. The standard InChI is InChI=1S/C27H30NO4P.BrH/c28-25(18-19-26(29)30)27(31)32-20-10-11-21-33(22-12-4-1-5-13-22,23-14-6-2-7-15-23)24-16-8-3-9-17-24;/h1-9,12-17,25H,10-11,18-21,28H2;1H. The van der Waals surface area contributed by atoms with E-state index in [1.54, 1.807) is 0 Å². The van der Waals surface area contributed by atoms with Crippen molar-refractivity contribution < 1.29 is 36.4 Å². The second-order valence-electron chi connectivity index (χ2n) is 7.95. The SMILES string of the molecule is NC(CCC(=O)O)C(=O)OCCCC[P+](c1ccccc1)(c1ccccc1)c1ccccc1.[Br-]. The number of carbonyl (C=O) groups is 2. The Hall–Kier alpha value is -2.53. The molecule has 0 bridgehead atoms. The number of rotatable bonds is 12. The van der Waals surface area contributed by atoms with Crippen LogP contribution in [0, 0.1) is 0 Å². The molecule has 34 heavy (non-hydrogen) atoms. The normalized spacial score (nSPS) is 11.8. The summed E-state index contributed by atoms with van der Waals surface area (Å²) in [4.78, 5) is 22.7. The van der Waals surface area contributed by atoms with E-state index in [4.69, 9.17) is 15.6 Å². The Labute approximate surface area is 212 Å². The van der Waals surface area contributed by atoms with Gasteiger partial charge in [-0.15, -0.1) is 0 Å². The molecule has 0 aliphatic carbocycles. The molecule has 0 aliphatic rings. The first-order valence-electron chi connectivity index (χ1n) is 11.2. The van der Waals surface area contributed by atoms with Crippen molar-refractivity contribution >= 4 is 35.1 Å². The molecule has 0 aromatic heterocycles. The minimum atomic E-state index is -1.89. The Kier molecular flexibility index (Phi) is 11.4. The summed E-state index contributed by atoms with van der Waals surface area (Å²) in [5.41, 5.74) is 5.75. The summed E-state index contributed by atoms with van der Waals surface area (Å²) in [7, 11) is -1.89. The fourth-order valence-corrected chi connectivity index (χ4v) is 8.42. The Morgan fingerprint density at radius 3 is 1.65 bits per heavy atom. The van der Waals surface area contributed by atoms with Crippen molar-refractivity contribution in [2.45, 2.75) is 31.7 Å². The molecule has 0 saturated carbocycles. The monoisotopic (exact) mass is 543 g/mol. The second-order valence-corrected chi connectivity index (χ2v) is 11.6. The number of ether oxygens (including phenoxy) is 1. The van der Waals surface area contributed by atoms with E-state index >= 15 is 0 Å². The molecule has 0 amide bonds. The quantitative estimate of drug-likeness (QED) is 0.197. The van der Waals surface area contributed by atoms with E-state index in [1.807, 2.05) is 18.2 Å². The number of hydrogen-bond acceptors (Lipinski definition) is 4. The number of esters is 1. The van der Waals surface area contributed by atoms with Crippen LogP contribution >= 0.6 is 7.26 Å². The lowest BCUT2D eigenvalue weighted by atomic mass is 10.2. The molecule has 1 unspecified atom stereocenters. The number of carboxylic acid groups (broad SMARTS) is 1. The van der Waals surface area contributed by atoms with Crippen LogP contribution in [0.5, 0.6) is 0 Å². The van der Waals surface area contributed by atoms with Crippen LogP contribution in [0.3, 0.4) is 0 Å². The molecule has 0 saturated heterocycles. The van der Waals surface area contributed by atoms with E-state index in [0.29, 0.717) is 6.42 Å². The number of unbranched alkanes of at least 4 members (excludes halogenated alkanes) is 1. The molecular formula is C27H31BrNO4P. The molecule has 3 aromatic carbocycles. The van der Waals surface area contributed by atoms with E-state index in [1.165, 1.54) is 15.9 Å². The Balaban J connectivity index is 0.00000408. The Bertz CT molecular complexity index is 922. The van der Waals surface area contributed by atoms with Crippen LogP contribution in [0.2, 0.25) is 0 Å². The summed E-state index contributed by atoms with van der Waals surface area (Å²) in [6.07, 6.45) is 2.48. The van der Waals surface area contributed by atoms with Gasteiger partial charge in [-0.2, -0.15) is 0 Å². The first-order valence-corrected chi connectivity index (χ1v) is 13.2. The lowest BCUT2D eigenvalue weighted by molar-refractivity contribution is -0.145. The third-order valence-corrected chi connectivity index (χ3v) is 10.2. The maximum absolute atomic E-state index is 12.0. The molecule has 0 heterocycles. The van der Waals surface area contributed by atoms with Gasteiger partial charge in [-0.25, -0.2) is 0 Å². The van der Waals surface area contributed by atoms with E-state index < -0.39 is 25.2 Å². The molecule has 3 aromatic rings. The summed E-state index contributed by atoms with van der Waals surface area (Å²) in [5, 5.41) is 12.7. The first kappa shape index (κ1) is 27.7. The average molecular weight is 544 g/mol. The summed E-state index contributed by atoms with van der Waals surface area (Å²) in [6.45, 7) is 0.276. The zero-order chi connectivity index (χ0) is 23.5. The minimum absolute atomic E-state index is 0. The average Bonchev–Trinajstić information content (AvgIpc) is 2.86. The zero-order valence-electron chi connectivity index (χ0n) is 19.1. The molecule has 0 aliphatic heterocycles. The highest BCUT2D eigenvalue weighted by Crippen LogP contribution is 2.55. The van der Waals surface area contributed by atoms with Crippen LogP contribution < -0.4 is 38.6 Å². The zero-order valence-corrected chi connectivity index (χ0v) is 21.5. The molecule has 0 fully saturated rings. The van der Waals surface area contributed by atoms with Crippen molar-refractivity contribution in [2.75, 3.05) is 12.8 Å². The third kappa shape index (κ3) is 7.23. The molecule has 1 atom stereocenters. The third-order valence-electron chi connectivity index (χ3n) is 5.70. The molecule has 3 N–H and O–H groups in total.